The molecule has 0 spiro atoms. The highest BCUT2D eigenvalue weighted by atomic mass is 79.9. The maximum atomic E-state index is 10.9. The molecule has 16 heavy (non-hydrogen) atoms. The average molecular weight is 351 g/mol. The lowest BCUT2D eigenvalue weighted by Gasteiger charge is -2.20. The Labute approximate surface area is 111 Å². The van der Waals surface area contributed by atoms with Gasteiger partial charge in [-0.3, -0.25) is 4.79 Å². The van der Waals surface area contributed by atoms with Gasteiger partial charge in [-0.2, -0.15) is 0 Å². The van der Waals surface area contributed by atoms with Crippen molar-refractivity contribution in [2.24, 2.45) is 5.41 Å². The van der Waals surface area contributed by atoms with Gasteiger partial charge in [-0.05, 0) is 48.0 Å². The Morgan fingerprint density at radius 2 is 2.06 bits per heavy atom. The standard InChI is InChI=1S/C11H13Br2NO2/c1-11(2,10(15)16)6-14-9-4-3-7(12)5-8(9)13/h3-5,14H,6H2,1-2H3,(H,15,16). The molecule has 0 amide bonds. The molecule has 5 heteroatoms. The smallest absolute Gasteiger partial charge is 0.310 e. The second-order valence-electron chi connectivity index (χ2n) is 4.17. The van der Waals surface area contributed by atoms with Gasteiger partial charge in [0.05, 0.1) is 5.41 Å². The van der Waals surface area contributed by atoms with Gasteiger partial charge in [0.15, 0.2) is 0 Å². The predicted molar refractivity (Wildman–Crippen MR) is 71.7 cm³/mol. The van der Waals surface area contributed by atoms with Crippen LogP contribution >= 0.6 is 31.9 Å². The Balaban J connectivity index is 2.72. The van der Waals surface area contributed by atoms with E-state index in [1.807, 2.05) is 18.2 Å². The Morgan fingerprint density at radius 3 is 2.56 bits per heavy atom. The molecule has 2 N–H and O–H groups in total. The van der Waals surface area contributed by atoms with E-state index in [2.05, 4.69) is 37.2 Å². The van der Waals surface area contributed by atoms with Gasteiger partial charge < -0.3 is 10.4 Å². The summed E-state index contributed by atoms with van der Waals surface area (Å²) in [7, 11) is 0. The summed E-state index contributed by atoms with van der Waals surface area (Å²) in [4.78, 5) is 10.9. The number of anilines is 1. The lowest BCUT2D eigenvalue weighted by molar-refractivity contribution is -0.146. The van der Waals surface area contributed by atoms with Gasteiger partial charge in [0.2, 0.25) is 0 Å². The third kappa shape index (κ3) is 3.49. The molecule has 0 aromatic heterocycles. The maximum absolute atomic E-state index is 10.9. The van der Waals surface area contributed by atoms with Gasteiger partial charge in [-0.25, -0.2) is 0 Å². The summed E-state index contributed by atoms with van der Waals surface area (Å²) >= 11 is 6.77. The van der Waals surface area contributed by atoms with Crippen LogP contribution in [0.5, 0.6) is 0 Å². The van der Waals surface area contributed by atoms with E-state index in [9.17, 15) is 4.79 Å². The van der Waals surface area contributed by atoms with Gasteiger partial charge in [-0.1, -0.05) is 15.9 Å². The van der Waals surface area contributed by atoms with Crippen molar-refractivity contribution in [3.05, 3.63) is 27.1 Å². The number of hydrogen-bond donors (Lipinski definition) is 2. The average Bonchev–Trinajstić information content (AvgIpc) is 2.16. The number of nitrogens with one attached hydrogen (secondary N) is 1. The molecule has 0 unspecified atom stereocenters. The van der Waals surface area contributed by atoms with E-state index < -0.39 is 11.4 Å². The molecule has 1 aromatic carbocycles. The number of carboxylic acids is 1. The maximum Gasteiger partial charge on any atom is 0.310 e. The first kappa shape index (κ1) is 13.5. The summed E-state index contributed by atoms with van der Waals surface area (Å²) < 4.78 is 1.88. The molecule has 0 saturated carbocycles. The largest absolute Gasteiger partial charge is 0.481 e. The van der Waals surface area contributed by atoms with Crippen molar-refractivity contribution in [3.8, 4) is 0 Å². The molecule has 0 aliphatic carbocycles. The van der Waals surface area contributed by atoms with Gasteiger partial charge in [0.1, 0.15) is 0 Å². The van der Waals surface area contributed by atoms with Crippen molar-refractivity contribution in [2.45, 2.75) is 13.8 Å². The highest BCUT2D eigenvalue weighted by molar-refractivity contribution is 9.11. The summed E-state index contributed by atoms with van der Waals surface area (Å²) in [6.07, 6.45) is 0. The molecule has 0 aliphatic rings. The molecular formula is C11H13Br2NO2. The van der Waals surface area contributed by atoms with Crippen LogP contribution in [0.4, 0.5) is 5.69 Å². The van der Waals surface area contributed by atoms with Crippen molar-refractivity contribution in [1.29, 1.82) is 0 Å². The van der Waals surface area contributed by atoms with Crippen molar-refractivity contribution >= 4 is 43.5 Å². The minimum atomic E-state index is -0.812. The highest BCUT2D eigenvalue weighted by Gasteiger charge is 2.26. The Morgan fingerprint density at radius 1 is 1.44 bits per heavy atom. The van der Waals surface area contributed by atoms with Crippen LogP contribution < -0.4 is 5.32 Å². The van der Waals surface area contributed by atoms with Crippen LogP contribution in [0.1, 0.15) is 13.8 Å². The third-order valence-electron chi connectivity index (χ3n) is 2.23. The van der Waals surface area contributed by atoms with Gasteiger partial charge in [-0.15, -0.1) is 0 Å². The monoisotopic (exact) mass is 349 g/mol. The number of benzene rings is 1. The summed E-state index contributed by atoms with van der Waals surface area (Å²) in [5.74, 6) is -0.812. The van der Waals surface area contributed by atoms with Crippen LogP contribution in [-0.2, 0) is 4.79 Å². The first-order valence-electron chi connectivity index (χ1n) is 4.75. The van der Waals surface area contributed by atoms with Crippen LogP contribution in [0.3, 0.4) is 0 Å². The first-order chi connectivity index (χ1) is 7.33. The molecule has 0 atom stereocenters. The molecule has 3 nitrogen and oxygen atoms in total. The summed E-state index contributed by atoms with van der Waals surface area (Å²) in [5, 5.41) is 12.1. The molecule has 0 fully saturated rings. The second-order valence-corrected chi connectivity index (χ2v) is 5.94. The van der Waals surface area contributed by atoms with Crippen LogP contribution in [0.15, 0.2) is 27.1 Å². The molecule has 0 saturated heterocycles. The highest BCUT2D eigenvalue weighted by Crippen LogP contribution is 2.27. The zero-order chi connectivity index (χ0) is 12.3. The van der Waals surface area contributed by atoms with E-state index in [1.165, 1.54) is 0 Å². The van der Waals surface area contributed by atoms with Crippen LogP contribution in [0, 0.1) is 5.41 Å². The van der Waals surface area contributed by atoms with E-state index in [4.69, 9.17) is 5.11 Å². The summed E-state index contributed by atoms with van der Waals surface area (Å²) in [6, 6.07) is 5.71. The van der Waals surface area contributed by atoms with Crippen LogP contribution in [-0.4, -0.2) is 17.6 Å². The minimum Gasteiger partial charge on any atom is -0.481 e. The fourth-order valence-corrected chi connectivity index (χ4v) is 2.21. The lowest BCUT2D eigenvalue weighted by Crippen LogP contribution is -2.31. The Kier molecular flexibility index (Phi) is 4.38. The lowest BCUT2D eigenvalue weighted by atomic mass is 9.94. The Bertz CT molecular complexity index is 405. The topological polar surface area (TPSA) is 49.3 Å². The fraction of sp³-hybridized carbons (Fsp3) is 0.364. The van der Waals surface area contributed by atoms with E-state index in [0.29, 0.717) is 6.54 Å². The zero-order valence-electron chi connectivity index (χ0n) is 9.05. The molecule has 0 heterocycles. The van der Waals surface area contributed by atoms with E-state index >= 15 is 0 Å². The van der Waals surface area contributed by atoms with E-state index in [1.54, 1.807) is 13.8 Å². The van der Waals surface area contributed by atoms with E-state index in [-0.39, 0.29) is 0 Å². The van der Waals surface area contributed by atoms with Gasteiger partial charge in [0, 0.05) is 21.2 Å². The van der Waals surface area contributed by atoms with Crippen molar-refractivity contribution < 1.29 is 9.90 Å². The first-order valence-corrected chi connectivity index (χ1v) is 6.34. The normalized spacial score (nSPS) is 11.2. The van der Waals surface area contributed by atoms with E-state index in [0.717, 1.165) is 14.6 Å². The SMILES string of the molecule is CC(C)(CNc1ccc(Br)cc1Br)C(=O)O. The molecule has 1 aromatic rings. The molecule has 0 aliphatic heterocycles. The number of carbonyl (C=O) groups is 1. The molecule has 0 bridgehead atoms. The number of rotatable bonds is 4. The quantitative estimate of drug-likeness (QED) is 0.869. The molecule has 88 valence electrons. The second kappa shape index (κ2) is 5.19. The predicted octanol–water partition coefficient (Wildman–Crippen LogP) is 3.73. The van der Waals surface area contributed by atoms with Crippen LogP contribution in [0.2, 0.25) is 0 Å². The van der Waals surface area contributed by atoms with Crippen molar-refractivity contribution in [2.75, 3.05) is 11.9 Å². The Hall–Kier alpha value is -0.550. The zero-order valence-corrected chi connectivity index (χ0v) is 12.2. The number of halogens is 2. The van der Waals surface area contributed by atoms with Crippen molar-refractivity contribution in [3.63, 3.8) is 0 Å². The summed E-state index contributed by atoms with van der Waals surface area (Å²) in [5.41, 5.74) is 0.101. The summed E-state index contributed by atoms with van der Waals surface area (Å²) in [6.45, 7) is 3.76. The van der Waals surface area contributed by atoms with Gasteiger partial charge >= 0.3 is 5.97 Å². The van der Waals surface area contributed by atoms with Crippen LogP contribution in [0.25, 0.3) is 0 Å². The van der Waals surface area contributed by atoms with Gasteiger partial charge in [0.25, 0.3) is 0 Å². The molecular weight excluding hydrogens is 338 g/mol. The number of aliphatic carboxylic acids is 1. The molecule has 1 rings (SSSR count). The number of carboxylic acid groups (broad SMARTS) is 1. The molecule has 0 radical (unpaired) electrons. The fourth-order valence-electron chi connectivity index (χ4n) is 1.02. The third-order valence-corrected chi connectivity index (χ3v) is 3.38. The van der Waals surface area contributed by atoms with Crippen molar-refractivity contribution in [1.82, 2.24) is 0 Å². The number of hydrogen-bond acceptors (Lipinski definition) is 2. The minimum absolute atomic E-state index is 0.378.